The maximum Gasteiger partial charge on any atom is 0.285 e. The molecule has 0 fully saturated rings. The summed E-state index contributed by atoms with van der Waals surface area (Å²) < 4.78 is 31.8. The van der Waals surface area contributed by atoms with E-state index in [-0.39, 0.29) is 4.90 Å². The highest BCUT2D eigenvalue weighted by Gasteiger charge is 2.14. The first-order valence-corrected chi connectivity index (χ1v) is 9.70. The number of halogens is 1. The molecular weight excluding hydrogens is 352 g/mol. The predicted octanol–water partition coefficient (Wildman–Crippen LogP) is 3.75. The zero-order chi connectivity index (χ0) is 16.6. The highest BCUT2D eigenvalue weighted by molar-refractivity contribution is 7.90. The van der Waals surface area contributed by atoms with E-state index in [0.29, 0.717) is 9.82 Å². The van der Waals surface area contributed by atoms with Gasteiger partial charge >= 0.3 is 0 Å². The first-order valence-electron chi connectivity index (χ1n) is 7.06. The highest BCUT2D eigenvalue weighted by atomic mass is 35.5. The Balaban J connectivity index is 2.21. The van der Waals surface area contributed by atoms with Gasteiger partial charge in [-0.25, -0.2) is 0 Å². The molecule has 0 bridgehead atoms. The number of aryl methyl sites for hydroxylation is 2. The average molecular weight is 367 g/mol. The molecule has 0 amide bonds. The van der Waals surface area contributed by atoms with Crippen LogP contribution in [0.4, 0.5) is 0 Å². The van der Waals surface area contributed by atoms with Gasteiger partial charge in [0, 0.05) is 12.1 Å². The van der Waals surface area contributed by atoms with Crippen LogP contribution in [0, 0.1) is 0 Å². The smallest absolute Gasteiger partial charge is 0.285 e. The van der Waals surface area contributed by atoms with Gasteiger partial charge in [0.2, 0.25) is 4.80 Å². The van der Waals surface area contributed by atoms with Gasteiger partial charge in [0.15, 0.2) is 0 Å². The van der Waals surface area contributed by atoms with Gasteiger partial charge in [0.25, 0.3) is 10.0 Å². The molecule has 0 unspecified atom stereocenters. The number of fused-ring (bicyclic) bond motifs is 1. The molecule has 0 spiro atoms. The van der Waals surface area contributed by atoms with E-state index in [1.807, 2.05) is 29.8 Å². The van der Waals surface area contributed by atoms with Crippen LogP contribution in [0.2, 0.25) is 5.02 Å². The number of rotatable bonds is 3. The molecule has 0 aliphatic carbocycles. The van der Waals surface area contributed by atoms with Gasteiger partial charge in [-0.2, -0.15) is 8.42 Å². The van der Waals surface area contributed by atoms with E-state index in [1.54, 1.807) is 12.1 Å². The first kappa shape index (κ1) is 16.2. The van der Waals surface area contributed by atoms with E-state index in [0.717, 1.165) is 16.6 Å². The minimum atomic E-state index is -3.76. The monoisotopic (exact) mass is 366 g/mol. The molecule has 0 saturated heterocycles. The molecule has 1 heterocycles. The molecule has 0 aliphatic heterocycles. The zero-order valence-electron chi connectivity index (χ0n) is 12.7. The standard InChI is InChI=1S/C16H15ClN2O2S2/c1-3-11-5-4-6-14-15(11)19(2)16(22-14)18-23(20,21)13-9-7-12(17)8-10-13/h4-10H,3H2,1-2H3/b18-16-. The third kappa shape index (κ3) is 3.06. The van der Waals surface area contributed by atoms with E-state index in [4.69, 9.17) is 11.6 Å². The average Bonchev–Trinajstić information content (AvgIpc) is 2.83. The number of hydrogen-bond donors (Lipinski definition) is 0. The summed E-state index contributed by atoms with van der Waals surface area (Å²) in [4.78, 5) is 0.589. The van der Waals surface area contributed by atoms with E-state index in [9.17, 15) is 8.42 Å². The van der Waals surface area contributed by atoms with Gasteiger partial charge in [-0.3, -0.25) is 0 Å². The van der Waals surface area contributed by atoms with Gasteiger partial charge in [-0.1, -0.05) is 42.0 Å². The van der Waals surface area contributed by atoms with Crippen LogP contribution in [-0.4, -0.2) is 13.0 Å². The van der Waals surface area contributed by atoms with Crippen LogP contribution in [0.25, 0.3) is 10.2 Å². The number of para-hydroxylation sites is 1. The Morgan fingerprint density at radius 1 is 1.17 bits per heavy atom. The fourth-order valence-electron chi connectivity index (χ4n) is 2.42. The Kier molecular flexibility index (Phi) is 4.31. The predicted molar refractivity (Wildman–Crippen MR) is 94.4 cm³/mol. The molecular formula is C16H15ClN2O2S2. The second kappa shape index (κ2) is 6.11. The van der Waals surface area contributed by atoms with E-state index in [2.05, 4.69) is 11.3 Å². The van der Waals surface area contributed by atoms with Crippen molar-refractivity contribution >= 4 is 43.2 Å². The lowest BCUT2D eigenvalue weighted by Gasteiger charge is -2.02. The molecule has 4 nitrogen and oxygen atoms in total. The molecule has 3 aromatic rings. The summed E-state index contributed by atoms with van der Waals surface area (Å²) >= 11 is 7.18. The number of nitrogens with zero attached hydrogens (tertiary/aromatic N) is 2. The van der Waals surface area contributed by atoms with Crippen LogP contribution in [0.5, 0.6) is 0 Å². The van der Waals surface area contributed by atoms with Gasteiger partial charge in [-0.05, 0) is 42.3 Å². The summed E-state index contributed by atoms with van der Waals surface area (Å²) in [6, 6.07) is 12.0. The Bertz CT molecular complexity index is 1030. The van der Waals surface area contributed by atoms with Gasteiger partial charge in [-0.15, -0.1) is 4.40 Å². The number of hydrogen-bond acceptors (Lipinski definition) is 3. The maximum absolute atomic E-state index is 12.5. The largest absolute Gasteiger partial charge is 0.319 e. The van der Waals surface area contributed by atoms with Crippen molar-refractivity contribution in [3.8, 4) is 0 Å². The van der Waals surface area contributed by atoms with Crippen molar-refractivity contribution in [2.45, 2.75) is 18.2 Å². The van der Waals surface area contributed by atoms with Crippen LogP contribution in [0.1, 0.15) is 12.5 Å². The first-order chi connectivity index (χ1) is 10.9. The van der Waals surface area contributed by atoms with E-state index < -0.39 is 10.0 Å². The third-order valence-electron chi connectivity index (χ3n) is 3.60. The molecule has 0 N–H and O–H groups in total. The summed E-state index contributed by atoms with van der Waals surface area (Å²) in [5.41, 5.74) is 2.21. The minimum Gasteiger partial charge on any atom is -0.319 e. The zero-order valence-corrected chi connectivity index (χ0v) is 15.0. The van der Waals surface area contributed by atoms with Crippen molar-refractivity contribution in [1.82, 2.24) is 4.57 Å². The summed E-state index contributed by atoms with van der Waals surface area (Å²) in [5.74, 6) is 0. The third-order valence-corrected chi connectivity index (χ3v) is 6.34. The Hall–Kier alpha value is -1.63. The molecule has 0 radical (unpaired) electrons. The van der Waals surface area contributed by atoms with Gasteiger partial charge in [0.05, 0.1) is 15.1 Å². The van der Waals surface area contributed by atoms with Crippen LogP contribution >= 0.6 is 22.9 Å². The van der Waals surface area contributed by atoms with Crippen LogP contribution in [0.15, 0.2) is 51.8 Å². The SMILES string of the molecule is CCc1cccc2s/c(=N\S(=O)(=O)c3ccc(Cl)cc3)n(C)c12. The van der Waals surface area contributed by atoms with Crippen molar-refractivity contribution in [2.24, 2.45) is 11.4 Å². The number of sulfonamides is 1. The van der Waals surface area contributed by atoms with Crippen LogP contribution in [-0.2, 0) is 23.5 Å². The van der Waals surface area contributed by atoms with Crippen LogP contribution < -0.4 is 4.80 Å². The molecule has 3 rings (SSSR count). The fourth-order valence-corrected chi connectivity index (χ4v) is 4.84. The van der Waals surface area contributed by atoms with Gasteiger partial charge in [0.1, 0.15) is 0 Å². The minimum absolute atomic E-state index is 0.134. The fraction of sp³-hybridized carbons (Fsp3) is 0.188. The van der Waals surface area contributed by atoms with E-state index in [1.165, 1.54) is 29.0 Å². The summed E-state index contributed by atoms with van der Waals surface area (Å²) in [5, 5.41) is 0.490. The lowest BCUT2D eigenvalue weighted by Crippen LogP contribution is -2.14. The van der Waals surface area contributed by atoms with Crippen molar-refractivity contribution in [1.29, 1.82) is 0 Å². The Morgan fingerprint density at radius 2 is 1.87 bits per heavy atom. The van der Waals surface area contributed by atoms with Crippen LogP contribution in [0.3, 0.4) is 0 Å². The quantitative estimate of drug-likeness (QED) is 0.708. The van der Waals surface area contributed by atoms with Crippen molar-refractivity contribution < 1.29 is 8.42 Å². The molecule has 0 aliphatic rings. The lowest BCUT2D eigenvalue weighted by molar-refractivity contribution is 0.596. The molecule has 2 aromatic carbocycles. The number of thiazole rings is 1. The molecule has 0 atom stereocenters. The van der Waals surface area contributed by atoms with Crippen molar-refractivity contribution in [3.63, 3.8) is 0 Å². The summed E-state index contributed by atoms with van der Waals surface area (Å²) in [6.45, 7) is 2.08. The Morgan fingerprint density at radius 3 is 2.52 bits per heavy atom. The van der Waals surface area contributed by atoms with Crippen molar-refractivity contribution in [3.05, 3.63) is 57.9 Å². The topological polar surface area (TPSA) is 51.4 Å². The van der Waals surface area contributed by atoms with Gasteiger partial charge < -0.3 is 4.57 Å². The highest BCUT2D eigenvalue weighted by Crippen LogP contribution is 2.22. The summed E-state index contributed by atoms with van der Waals surface area (Å²) in [6.07, 6.45) is 0.880. The lowest BCUT2D eigenvalue weighted by atomic mass is 10.1. The second-order valence-corrected chi connectivity index (χ2v) is 8.13. The number of aromatic nitrogens is 1. The Labute approximate surface area is 143 Å². The maximum atomic E-state index is 12.5. The normalized spacial score (nSPS) is 12.9. The molecule has 1 aromatic heterocycles. The molecule has 7 heteroatoms. The molecule has 0 saturated carbocycles. The summed E-state index contributed by atoms with van der Waals surface area (Å²) in [7, 11) is -1.92. The molecule has 120 valence electrons. The number of benzene rings is 2. The molecule has 23 heavy (non-hydrogen) atoms. The van der Waals surface area contributed by atoms with E-state index >= 15 is 0 Å². The second-order valence-electron chi connectivity index (χ2n) is 5.08. The van der Waals surface area contributed by atoms with Crippen molar-refractivity contribution in [2.75, 3.05) is 0 Å².